The summed E-state index contributed by atoms with van der Waals surface area (Å²) >= 11 is 6.33. The van der Waals surface area contributed by atoms with Crippen molar-refractivity contribution < 1.29 is 0 Å². The van der Waals surface area contributed by atoms with Gasteiger partial charge in [-0.05, 0) is 0 Å². The zero-order valence-electron chi connectivity index (χ0n) is 15.1. The molecule has 27 heavy (non-hydrogen) atoms. The van der Waals surface area contributed by atoms with Crippen molar-refractivity contribution in [3.63, 3.8) is 0 Å². The van der Waals surface area contributed by atoms with Crippen LogP contribution in [0.4, 0.5) is 0 Å². The molecule has 0 radical (unpaired) electrons. The van der Waals surface area contributed by atoms with E-state index in [2.05, 4.69) is 109 Å². The first-order chi connectivity index (χ1) is 13.3. The minimum absolute atomic E-state index is 0.796. The van der Waals surface area contributed by atoms with E-state index < -0.39 is 7.26 Å². The molecule has 0 aromatic heterocycles. The standard InChI is InChI=1S/C25H22ClP/c26-22-12-10-11-21(19-22)20-27(23-13-4-1-5-14-23,24-15-6-2-7-16-24)25-17-8-3-9-18-25/h1-19,27H,20H2. The van der Waals surface area contributed by atoms with Crippen LogP contribution in [0.25, 0.3) is 0 Å². The average Bonchev–Trinajstić information content (AvgIpc) is 2.74. The molecule has 0 N–H and O–H groups in total. The van der Waals surface area contributed by atoms with E-state index in [9.17, 15) is 0 Å². The van der Waals surface area contributed by atoms with Crippen LogP contribution >= 0.6 is 18.9 Å². The molecule has 4 aromatic carbocycles. The summed E-state index contributed by atoms with van der Waals surface area (Å²) in [6.45, 7) is 0. The maximum absolute atomic E-state index is 6.33. The van der Waals surface area contributed by atoms with E-state index in [4.69, 9.17) is 11.6 Å². The minimum atomic E-state index is -2.25. The number of rotatable bonds is 5. The molecular weight excluding hydrogens is 367 g/mol. The Hall–Kier alpha value is -2.40. The summed E-state index contributed by atoms with van der Waals surface area (Å²) in [5, 5.41) is 5.05. The van der Waals surface area contributed by atoms with E-state index in [1.165, 1.54) is 21.5 Å². The third-order valence-corrected chi connectivity index (χ3v) is 10.3. The first-order valence-electron chi connectivity index (χ1n) is 9.20. The van der Waals surface area contributed by atoms with Crippen molar-refractivity contribution in [2.24, 2.45) is 0 Å². The molecule has 0 saturated heterocycles. The van der Waals surface area contributed by atoms with Crippen molar-refractivity contribution in [2.45, 2.75) is 6.16 Å². The van der Waals surface area contributed by atoms with Crippen LogP contribution in [0.15, 0.2) is 115 Å². The Kier molecular flexibility index (Phi) is 5.39. The molecule has 0 aliphatic heterocycles. The zero-order chi connectivity index (χ0) is 18.5. The summed E-state index contributed by atoms with van der Waals surface area (Å²) in [6.07, 6.45) is 0.978. The van der Waals surface area contributed by atoms with Crippen LogP contribution in [0.2, 0.25) is 5.02 Å². The monoisotopic (exact) mass is 388 g/mol. The van der Waals surface area contributed by atoms with Gasteiger partial charge in [0.25, 0.3) is 0 Å². The predicted molar refractivity (Wildman–Crippen MR) is 122 cm³/mol. The molecule has 0 nitrogen and oxygen atoms in total. The van der Waals surface area contributed by atoms with Crippen LogP contribution in [0.3, 0.4) is 0 Å². The molecule has 0 amide bonds. The Bertz CT molecular complexity index is 901. The number of benzene rings is 4. The van der Waals surface area contributed by atoms with Crippen LogP contribution in [0.1, 0.15) is 5.56 Å². The topological polar surface area (TPSA) is 0 Å². The normalized spacial score (nSPS) is 11.9. The second-order valence-corrected chi connectivity index (χ2v) is 11.1. The van der Waals surface area contributed by atoms with Gasteiger partial charge in [0.1, 0.15) is 0 Å². The quantitative estimate of drug-likeness (QED) is 0.392. The van der Waals surface area contributed by atoms with Crippen molar-refractivity contribution in [1.82, 2.24) is 0 Å². The molecule has 0 atom stereocenters. The number of halogens is 1. The molecule has 0 spiro atoms. The zero-order valence-corrected chi connectivity index (χ0v) is 16.8. The molecule has 0 aliphatic rings. The molecular formula is C25H22ClP. The Morgan fingerprint density at radius 3 is 1.37 bits per heavy atom. The summed E-state index contributed by atoms with van der Waals surface area (Å²) in [4.78, 5) is 0. The van der Waals surface area contributed by atoms with E-state index in [0.717, 1.165) is 11.2 Å². The second-order valence-electron chi connectivity index (χ2n) is 6.81. The SMILES string of the molecule is Clc1cccc(C[PH](c2ccccc2)(c2ccccc2)c2ccccc2)c1. The second kappa shape index (κ2) is 8.09. The van der Waals surface area contributed by atoms with E-state index in [0.29, 0.717) is 0 Å². The molecule has 0 aliphatic carbocycles. The van der Waals surface area contributed by atoms with Gasteiger partial charge in [-0.3, -0.25) is 0 Å². The molecule has 0 saturated carbocycles. The molecule has 0 heterocycles. The van der Waals surface area contributed by atoms with Crippen LogP contribution in [-0.2, 0) is 6.16 Å². The van der Waals surface area contributed by atoms with Crippen LogP contribution in [0.5, 0.6) is 0 Å². The van der Waals surface area contributed by atoms with Crippen LogP contribution in [0, 0.1) is 0 Å². The summed E-state index contributed by atoms with van der Waals surface area (Å²) in [7, 11) is -2.25. The third kappa shape index (κ3) is 3.69. The summed E-state index contributed by atoms with van der Waals surface area (Å²) < 4.78 is 0. The average molecular weight is 389 g/mol. The van der Waals surface area contributed by atoms with Gasteiger partial charge in [0.15, 0.2) is 0 Å². The fourth-order valence-corrected chi connectivity index (χ4v) is 8.87. The van der Waals surface area contributed by atoms with E-state index >= 15 is 0 Å². The van der Waals surface area contributed by atoms with Gasteiger partial charge >= 0.3 is 167 Å². The van der Waals surface area contributed by atoms with E-state index in [1.54, 1.807) is 0 Å². The van der Waals surface area contributed by atoms with Gasteiger partial charge in [-0.15, -0.1) is 0 Å². The Morgan fingerprint density at radius 2 is 0.963 bits per heavy atom. The molecule has 0 bridgehead atoms. The first-order valence-corrected chi connectivity index (χ1v) is 11.8. The summed E-state index contributed by atoms with van der Waals surface area (Å²) in [6, 6.07) is 41.2. The predicted octanol–water partition coefficient (Wildman–Crippen LogP) is 5.57. The van der Waals surface area contributed by atoms with Crippen molar-refractivity contribution in [3.8, 4) is 0 Å². The fourth-order valence-electron chi connectivity index (χ4n) is 3.93. The molecule has 0 unspecified atom stereocenters. The molecule has 4 rings (SSSR count). The van der Waals surface area contributed by atoms with Gasteiger partial charge in [-0.2, -0.15) is 0 Å². The van der Waals surface area contributed by atoms with Gasteiger partial charge in [-0.25, -0.2) is 0 Å². The first kappa shape index (κ1) is 18.0. The van der Waals surface area contributed by atoms with Crippen molar-refractivity contribution in [2.75, 3.05) is 0 Å². The van der Waals surface area contributed by atoms with E-state index in [1.807, 2.05) is 6.07 Å². The van der Waals surface area contributed by atoms with Crippen LogP contribution < -0.4 is 15.9 Å². The Balaban J connectivity index is 2.00. The van der Waals surface area contributed by atoms with Gasteiger partial charge in [0.05, 0.1) is 0 Å². The van der Waals surface area contributed by atoms with Crippen molar-refractivity contribution in [3.05, 3.63) is 126 Å². The molecule has 4 aromatic rings. The molecule has 0 fully saturated rings. The number of hydrogen-bond acceptors (Lipinski definition) is 0. The van der Waals surface area contributed by atoms with Gasteiger partial charge in [-0.1, -0.05) is 0 Å². The van der Waals surface area contributed by atoms with Crippen LogP contribution in [-0.4, -0.2) is 0 Å². The Morgan fingerprint density at radius 1 is 0.519 bits per heavy atom. The van der Waals surface area contributed by atoms with Crippen molar-refractivity contribution in [1.29, 1.82) is 0 Å². The van der Waals surface area contributed by atoms with Crippen molar-refractivity contribution >= 4 is 34.8 Å². The maximum atomic E-state index is 6.33. The Labute approximate surface area is 166 Å². The summed E-state index contributed by atoms with van der Waals surface area (Å²) in [5.41, 5.74) is 1.28. The van der Waals surface area contributed by atoms with Gasteiger partial charge in [0.2, 0.25) is 0 Å². The van der Waals surface area contributed by atoms with Gasteiger partial charge < -0.3 is 0 Å². The molecule has 134 valence electrons. The number of hydrogen-bond donors (Lipinski definition) is 0. The van der Waals surface area contributed by atoms with E-state index in [-0.39, 0.29) is 0 Å². The molecule has 2 heteroatoms. The summed E-state index contributed by atoms with van der Waals surface area (Å²) in [5.74, 6) is 0. The third-order valence-electron chi connectivity index (χ3n) is 5.16. The van der Waals surface area contributed by atoms with Gasteiger partial charge in [0, 0.05) is 0 Å². The fraction of sp³-hybridized carbons (Fsp3) is 0.0400.